The zero-order valence-electron chi connectivity index (χ0n) is 9.38. The van der Waals surface area contributed by atoms with Crippen molar-refractivity contribution in [3.8, 4) is 0 Å². The van der Waals surface area contributed by atoms with Gasteiger partial charge in [-0.1, -0.05) is 0 Å². The molecule has 0 N–H and O–H groups in total. The Kier molecular flexibility index (Phi) is 3.44. The van der Waals surface area contributed by atoms with Gasteiger partial charge in [0.15, 0.2) is 11.9 Å². The molecule has 0 aliphatic carbocycles. The van der Waals surface area contributed by atoms with E-state index in [0.717, 1.165) is 0 Å². The van der Waals surface area contributed by atoms with Crippen LogP contribution in [-0.2, 0) is 0 Å². The van der Waals surface area contributed by atoms with Gasteiger partial charge in [-0.15, -0.1) is 0 Å². The minimum Gasteiger partial charge on any atom is -0.618 e. The van der Waals surface area contributed by atoms with Gasteiger partial charge < -0.3 is 10.1 Å². The van der Waals surface area contributed by atoms with Gasteiger partial charge in [0.1, 0.15) is 5.56 Å². The summed E-state index contributed by atoms with van der Waals surface area (Å²) in [4.78, 5) is 12.0. The fourth-order valence-electron chi connectivity index (χ4n) is 1.15. The van der Waals surface area contributed by atoms with Crippen molar-refractivity contribution < 1.29 is 9.65 Å². The summed E-state index contributed by atoms with van der Waals surface area (Å²) < 4.78 is 0.613. The molecule has 0 aliphatic rings. The van der Waals surface area contributed by atoms with Gasteiger partial charge in [0.05, 0.1) is 11.0 Å². The number of hydrogen-bond donors (Lipinski definition) is 0. The third-order valence-electron chi connectivity index (χ3n) is 1.99. The third kappa shape index (κ3) is 2.69. The number of aryl methyl sites for hydroxylation is 1. The van der Waals surface area contributed by atoms with Gasteiger partial charge in [-0.3, -0.25) is 10.1 Å². The van der Waals surface area contributed by atoms with Crippen molar-refractivity contribution in [2.24, 2.45) is 0 Å². The number of rotatable bonds is 3. The Balaban J connectivity index is 3.25. The van der Waals surface area contributed by atoms with Crippen LogP contribution >= 0.6 is 0 Å². The summed E-state index contributed by atoms with van der Waals surface area (Å²) in [5.74, 6) is 0. The average molecular weight is 223 g/mol. The molecule has 1 aromatic heterocycles. The second kappa shape index (κ2) is 4.61. The minimum absolute atomic E-state index is 0.0669. The van der Waals surface area contributed by atoms with E-state index >= 15 is 0 Å². The average Bonchev–Trinajstić information content (AvgIpc) is 2.18. The molecule has 0 radical (unpaired) electrons. The Morgan fingerprint density at radius 2 is 2.12 bits per heavy atom. The second-order valence-electron chi connectivity index (χ2n) is 3.62. The van der Waals surface area contributed by atoms with Gasteiger partial charge in [0.25, 0.3) is 5.69 Å². The van der Waals surface area contributed by atoms with Crippen LogP contribution in [0, 0.1) is 22.2 Å². The summed E-state index contributed by atoms with van der Waals surface area (Å²) in [6, 6.07) is 1.27. The van der Waals surface area contributed by atoms with Crippen molar-refractivity contribution in [1.29, 1.82) is 0 Å². The maximum Gasteiger partial charge on any atom is 0.289 e. The summed E-state index contributed by atoms with van der Waals surface area (Å²) in [6.07, 6.45) is 4.39. The Morgan fingerprint density at radius 1 is 1.50 bits per heavy atom. The van der Waals surface area contributed by atoms with Crippen LogP contribution < -0.4 is 4.73 Å². The maximum atomic E-state index is 11.3. The number of nitro groups is 1. The van der Waals surface area contributed by atoms with Crippen LogP contribution in [0.1, 0.15) is 11.3 Å². The molecule has 0 unspecified atom stereocenters. The molecule has 0 saturated carbocycles. The first-order valence-electron chi connectivity index (χ1n) is 4.64. The molecule has 86 valence electrons. The fraction of sp³-hybridized carbons (Fsp3) is 0.300. The molecule has 6 nitrogen and oxygen atoms in total. The van der Waals surface area contributed by atoms with Crippen LogP contribution in [0.4, 0.5) is 5.69 Å². The first-order chi connectivity index (χ1) is 7.41. The zero-order valence-corrected chi connectivity index (χ0v) is 9.38. The van der Waals surface area contributed by atoms with Crippen molar-refractivity contribution in [3.05, 3.63) is 45.0 Å². The van der Waals surface area contributed by atoms with Crippen LogP contribution in [0.3, 0.4) is 0 Å². The van der Waals surface area contributed by atoms with Crippen LogP contribution in [0.2, 0.25) is 0 Å². The Morgan fingerprint density at radius 3 is 2.62 bits per heavy atom. The quantitative estimate of drug-likeness (QED) is 0.332. The molecule has 0 amide bonds. The van der Waals surface area contributed by atoms with Crippen molar-refractivity contribution in [3.63, 3.8) is 0 Å². The Labute approximate surface area is 93.2 Å². The molecule has 0 saturated heterocycles. The predicted molar refractivity (Wildman–Crippen MR) is 59.5 cm³/mol. The van der Waals surface area contributed by atoms with Gasteiger partial charge in [0.2, 0.25) is 0 Å². The molecular formula is C10H13N3O3. The standard InChI is InChI=1S/C10H13N3O3/c1-8-6-10(13(15)16)9(7-12(8)14)4-5-11(2)3/h4-7H,1-3H3/b5-4+. The third-order valence-corrected chi connectivity index (χ3v) is 1.99. The van der Waals surface area contributed by atoms with Gasteiger partial charge in [0, 0.05) is 21.0 Å². The van der Waals surface area contributed by atoms with Crippen molar-refractivity contribution >= 4 is 11.8 Å². The summed E-state index contributed by atoms with van der Waals surface area (Å²) in [5.41, 5.74) is 0.524. The van der Waals surface area contributed by atoms with Gasteiger partial charge in [-0.25, -0.2) is 0 Å². The molecule has 0 aromatic carbocycles. The molecule has 0 aliphatic heterocycles. The highest BCUT2D eigenvalue weighted by atomic mass is 16.6. The van der Waals surface area contributed by atoms with Crippen molar-refractivity contribution in [2.45, 2.75) is 6.92 Å². The van der Waals surface area contributed by atoms with Gasteiger partial charge in [-0.05, 0) is 12.3 Å². The normalized spacial score (nSPS) is 10.7. The van der Waals surface area contributed by atoms with E-state index in [1.807, 2.05) is 0 Å². The number of aromatic nitrogens is 1. The number of pyridine rings is 1. The van der Waals surface area contributed by atoms with E-state index in [1.54, 1.807) is 25.2 Å². The van der Waals surface area contributed by atoms with Crippen LogP contribution in [0.25, 0.3) is 6.08 Å². The monoisotopic (exact) mass is 223 g/mol. The fourth-order valence-corrected chi connectivity index (χ4v) is 1.15. The molecule has 0 atom stereocenters. The van der Waals surface area contributed by atoms with E-state index in [1.165, 1.54) is 25.3 Å². The lowest BCUT2D eigenvalue weighted by molar-refractivity contribution is -0.613. The summed E-state index contributed by atoms with van der Waals surface area (Å²) >= 11 is 0. The largest absolute Gasteiger partial charge is 0.618 e. The lowest BCUT2D eigenvalue weighted by Crippen LogP contribution is -2.30. The first-order valence-corrected chi connectivity index (χ1v) is 4.64. The first kappa shape index (κ1) is 12.0. The lowest BCUT2D eigenvalue weighted by atomic mass is 10.2. The Bertz CT molecular complexity index is 441. The van der Waals surface area contributed by atoms with Crippen molar-refractivity contribution in [2.75, 3.05) is 14.1 Å². The predicted octanol–water partition coefficient (Wildman–Crippen LogP) is 1.07. The molecule has 1 rings (SSSR count). The van der Waals surface area contributed by atoms with E-state index in [9.17, 15) is 15.3 Å². The van der Waals surface area contributed by atoms with E-state index in [2.05, 4.69) is 0 Å². The number of nitrogens with zero attached hydrogens (tertiary/aromatic N) is 3. The minimum atomic E-state index is -0.498. The molecule has 0 fully saturated rings. The highest BCUT2D eigenvalue weighted by molar-refractivity contribution is 5.58. The topological polar surface area (TPSA) is 73.3 Å². The van der Waals surface area contributed by atoms with E-state index in [4.69, 9.17) is 0 Å². The molecule has 1 aromatic rings. The smallest absolute Gasteiger partial charge is 0.289 e. The lowest BCUT2D eigenvalue weighted by Gasteiger charge is -2.05. The zero-order chi connectivity index (χ0) is 12.3. The van der Waals surface area contributed by atoms with E-state index in [-0.39, 0.29) is 5.69 Å². The van der Waals surface area contributed by atoms with Gasteiger partial charge in [-0.2, -0.15) is 4.73 Å². The second-order valence-corrected chi connectivity index (χ2v) is 3.62. The highest BCUT2D eigenvalue weighted by Gasteiger charge is 2.17. The van der Waals surface area contributed by atoms with Gasteiger partial charge >= 0.3 is 0 Å². The van der Waals surface area contributed by atoms with E-state index in [0.29, 0.717) is 16.0 Å². The SMILES string of the molecule is Cc1cc([N+](=O)[O-])c(/C=C/N(C)C)c[n+]1[O-]. The molecule has 6 heteroatoms. The van der Waals surface area contributed by atoms with E-state index < -0.39 is 4.92 Å². The summed E-state index contributed by atoms with van der Waals surface area (Å²) in [7, 11) is 3.59. The maximum absolute atomic E-state index is 11.3. The highest BCUT2D eigenvalue weighted by Crippen LogP contribution is 2.18. The van der Waals surface area contributed by atoms with Crippen LogP contribution in [0.5, 0.6) is 0 Å². The molecule has 0 bridgehead atoms. The molecule has 1 heterocycles. The molecule has 16 heavy (non-hydrogen) atoms. The Hall–Kier alpha value is -2.11. The van der Waals surface area contributed by atoms with Crippen molar-refractivity contribution in [1.82, 2.24) is 4.90 Å². The summed E-state index contributed by atoms with van der Waals surface area (Å²) in [5, 5.41) is 22.1. The summed E-state index contributed by atoms with van der Waals surface area (Å²) in [6.45, 7) is 1.53. The number of hydrogen-bond acceptors (Lipinski definition) is 4. The van der Waals surface area contributed by atoms with Crippen LogP contribution in [0.15, 0.2) is 18.5 Å². The molecular weight excluding hydrogens is 210 g/mol. The van der Waals surface area contributed by atoms with Crippen LogP contribution in [-0.4, -0.2) is 23.9 Å². The molecule has 0 spiro atoms.